The first kappa shape index (κ1) is 14.0. The molecule has 0 atom stereocenters. The third kappa shape index (κ3) is 3.31. The van der Waals surface area contributed by atoms with Crippen LogP contribution < -0.4 is 0 Å². The third-order valence-corrected chi connectivity index (χ3v) is 2.51. The molecule has 1 aromatic carbocycles. The van der Waals surface area contributed by atoms with Gasteiger partial charge in [-0.3, -0.25) is 4.79 Å². The molecule has 0 unspecified atom stereocenters. The van der Waals surface area contributed by atoms with Gasteiger partial charge >= 0.3 is 12.1 Å². The number of halogens is 3. The van der Waals surface area contributed by atoms with Crippen LogP contribution in [-0.4, -0.2) is 21.0 Å². The smallest absolute Gasteiger partial charge is 0.416 e. The summed E-state index contributed by atoms with van der Waals surface area (Å²) in [7, 11) is 0. The molecule has 0 bridgehead atoms. The Balaban J connectivity index is 2.30. The van der Waals surface area contributed by atoms with Crippen LogP contribution in [0.1, 0.15) is 11.1 Å². The molecule has 20 heavy (non-hydrogen) atoms. The second kappa shape index (κ2) is 5.28. The highest BCUT2D eigenvalue weighted by Crippen LogP contribution is 2.31. The van der Waals surface area contributed by atoms with Gasteiger partial charge in [0, 0.05) is 18.0 Å². The van der Waals surface area contributed by atoms with Crippen LogP contribution >= 0.6 is 0 Å². The van der Waals surface area contributed by atoms with Gasteiger partial charge in [-0.25, -0.2) is 9.97 Å². The zero-order valence-corrected chi connectivity index (χ0v) is 10.1. The standard InChI is InChI=1S/C13H9F3N2O2/c14-13(15,16)10-3-1-2-9(5-10)12-17-6-8(7-18-12)4-11(19)20/h1-3,5-7H,4H2,(H,19,20). The Morgan fingerprint density at radius 1 is 1.20 bits per heavy atom. The molecular formula is C13H9F3N2O2. The molecule has 0 aliphatic carbocycles. The van der Waals surface area contributed by atoms with E-state index in [0.29, 0.717) is 5.56 Å². The molecule has 7 heteroatoms. The van der Waals surface area contributed by atoms with Crippen LogP contribution in [0.3, 0.4) is 0 Å². The first-order chi connectivity index (χ1) is 9.36. The van der Waals surface area contributed by atoms with E-state index in [1.54, 1.807) is 0 Å². The number of carboxylic acid groups (broad SMARTS) is 1. The Kier molecular flexibility index (Phi) is 3.69. The van der Waals surface area contributed by atoms with E-state index >= 15 is 0 Å². The van der Waals surface area contributed by atoms with E-state index in [1.165, 1.54) is 24.5 Å². The van der Waals surface area contributed by atoms with Gasteiger partial charge in [0.05, 0.1) is 12.0 Å². The Hall–Kier alpha value is -2.44. The molecular weight excluding hydrogens is 273 g/mol. The van der Waals surface area contributed by atoms with Gasteiger partial charge < -0.3 is 5.11 Å². The minimum atomic E-state index is -4.43. The lowest BCUT2D eigenvalue weighted by atomic mass is 10.1. The number of aliphatic carboxylic acids is 1. The van der Waals surface area contributed by atoms with Crippen LogP contribution in [0.15, 0.2) is 36.7 Å². The molecule has 104 valence electrons. The molecule has 0 aliphatic rings. The quantitative estimate of drug-likeness (QED) is 0.940. The van der Waals surface area contributed by atoms with Crippen molar-refractivity contribution in [1.29, 1.82) is 0 Å². The maximum Gasteiger partial charge on any atom is 0.416 e. The van der Waals surface area contributed by atoms with Crippen LogP contribution in [-0.2, 0) is 17.4 Å². The molecule has 0 saturated heterocycles. The van der Waals surface area contributed by atoms with E-state index in [1.807, 2.05) is 0 Å². The van der Waals surface area contributed by atoms with Crippen molar-refractivity contribution in [2.75, 3.05) is 0 Å². The fourth-order valence-electron chi connectivity index (χ4n) is 1.60. The van der Waals surface area contributed by atoms with Gasteiger partial charge in [0.25, 0.3) is 0 Å². The molecule has 1 N–H and O–H groups in total. The monoisotopic (exact) mass is 282 g/mol. The van der Waals surface area contributed by atoms with Crippen molar-refractivity contribution < 1.29 is 23.1 Å². The van der Waals surface area contributed by atoms with Crippen LogP contribution in [0.25, 0.3) is 11.4 Å². The van der Waals surface area contributed by atoms with E-state index in [0.717, 1.165) is 12.1 Å². The number of carboxylic acids is 1. The summed E-state index contributed by atoms with van der Waals surface area (Å²) < 4.78 is 37.8. The van der Waals surface area contributed by atoms with Gasteiger partial charge in [0.1, 0.15) is 0 Å². The molecule has 4 nitrogen and oxygen atoms in total. The Labute approximate surface area is 111 Å². The molecule has 2 aromatic rings. The first-order valence-corrected chi connectivity index (χ1v) is 5.56. The predicted octanol–water partition coefficient (Wildman–Crippen LogP) is 2.79. The van der Waals surface area contributed by atoms with Crippen LogP contribution in [0, 0.1) is 0 Å². The molecule has 0 radical (unpaired) electrons. The van der Waals surface area contributed by atoms with E-state index < -0.39 is 17.7 Å². The van der Waals surface area contributed by atoms with Gasteiger partial charge in [0.15, 0.2) is 5.82 Å². The van der Waals surface area contributed by atoms with E-state index in [-0.39, 0.29) is 17.8 Å². The van der Waals surface area contributed by atoms with Crippen LogP contribution in [0.4, 0.5) is 13.2 Å². The summed E-state index contributed by atoms with van der Waals surface area (Å²) in [6, 6.07) is 4.64. The minimum Gasteiger partial charge on any atom is -0.481 e. The SMILES string of the molecule is O=C(O)Cc1cnc(-c2cccc(C(F)(F)F)c2)nc1. The normalized spacial score (nSPS) is 11.3. The maximum atomic E-state index is 12.6. The maximum absolute atomic E-state index is 12.6. The molecule has 1 heterocycles. The molecule has 1 aromatic heterocycles. The van der Waals surface area contributed by atoms with Crippen molar-refractivity contribution >= 4 is 5.97 Å². The fourth-order valence-corrected chi connectivity index (χ4v) is 1.60. The summed E-state index contributed by atoms with van der Waals surface area (Å²) >= 11 is 0. The average molecular weight is 282 g/mol. The third-order valence-electron chi connectivity index (χ3n) is 2.51. The Morgan fingerprint density at radius 2 is 1.85 bits per heavy atom. The summed E-state index contributed by atoms with van der Waals surface area (Å²) in [6.07, 6.45) is -2.09. The highest BCUT2D eigenvalue weighted by atomic mass is 19.4. The Bertz CT molecular complexity index is 624. The highest BCUT2D eigenvalue weighted by Gasteiger charge is 2.30. The van der Waals surface area contributed by atoms with E-state index in [2.05, 4.69) is 9.97 Å². The zero-order chi connectivity index (χ0) is 14.8. The van der Waals surface area contributed by atoms with Crippen LogP contribution in [0.5, 0.6) is 0 Å². The number of carbonyl (C=O) groups is 1. The van der Waals surface area contributed by atoms with Gasteiger partial charge in [-0.05, 0) is 17.7 Å². The number of alkyl halides is 3. The van der Waals surface area contributed by atoms with Crippen LogP contribution in [0.2, 0.25) is 0 Å². The fraction of sp³-hybridized carbons (Fsp3) is 0.154. The van der Waals surface area contributed by atoms with Gasteiger partial charge in [-0.1, -0.05) is 12.1 Å². The van der Waals surface area contributed by atoms with Crippen molar-refractivity contribution in [2.45, 2.75) is 12.6 Å². The summed E-state index contributed by atoms with van der Waals surface area (Å²) in [5.41, 5.74) is -0.178. The number of benzene rings is 1. The molecule has 0 spiro atoms. The summed E-state index contributed by atoms with van der Waals surface area (Å²) in [6.45, 7) is 0. The number of rotatable bonds is 3. The van der Waals surface area contributed by atoms with Crippen molar-refractivity contribution in [3.8, 4) is 11.4 Å². The average Bonchev–Trinajstić information content (AvgIpc) is 2.38. The Morgan fingerprint density at radius 3 is 2.40 bits per heavy atom. The molecule has 0 fully saturated rings. The van der Waals surface area contributed by atoms with Crippen molar-refractivity contribution in [2.24, 2.45) is 0 Å². The molecule has 2 rings (SSSR count). The topological polar surface area (TPSA) is 63.1 Å². The van der Waals surface area contributed by atoms with Gasteiger partial charge in [-0.2, -0.15) is 13.2 Å². The number of nitrogens with zero attached hydrogens (tertiary/aromatic N) is 2. The lowest BCUT2D eigenvalue weighted by Crippen LogP contribution is -2.05. The van der Waals surface area contributed by atoms with E-state index in [4.69, 9.17) is 5.11 Å². The molecule has 0 amide bonds. The summed E-state index contributed by atoms with van der Waals surface area (Å²) in [5, 5.41) is 8.60. The highest BCUT2D eigenvalue weighted by molar-refractivity contribution is 5.70. The number of hydrogen-bond donors (Lipinski definition) is 1. The number of hydrogen-bond acceptors (Lipinski definition) is 3. The van der Waals surface area contributed by atoms with E-state index in [9.17, 15) is 18.0 Å². The van der Waals surface area contributed by atoms with Crippen molar-refractivity contribution in [3.63, 3.8) is 0 Å². The second-order valence-corrected chi connectivity index (χ2v) is 4.06. The van der Waals surface area contributed by atoms with Gasteiger partial charge in [0.2, 0.25) is 0 Å². The summed E-state index contributed by atoms with van der Waals surface area (Å²) in [4.78, 5) is 18.3. The first-order valence-electron chi connectivity index (χ1n) is 5.56. The van der Waals surface area contributed by atoms with Gasteiger partial charge in [-0.15, -0.1) is 0 Å². The molecule has 0 saturated carbocycles. The largest absolute Gasteiger partial charge is 0.481 e. The predicted molar refractivity (Wildman–Crippen MR) is 63.8 cm³/mol. The van der Waals surface area contributed by atoms with Crippen molar-refractivity contribution in [3.05, 3.63) is 47.8 Å². The lowest BCUT2D eigenvalue weighted by Gasteiger charge is -2.08. The minimum absolute atomic E-state index is 0.116. The van der Waals surface area contributed by atoms with Crippen molar-refractivity contribution in [1.82, 2.24) is 9.97 Å². The second-order valence-electron chi connectivity index (χ2n) is 4.06. The molecule has 0 aliphatic heterocycles. The lowest BCUT2D eigenvalue weighted by molar-refractivity contribution is -0.138. The summed E-state index contributed by atoms with van der Waals surface area (Å²) in [5.74, 6) is -0.911. The number of aromatic nitrogens is 2. The zero-order valence-electron chi connectivity index (χ0n) is 10.1.